The van der Waals surface area contributed by atoms with E-state index in [0.29, 0.717) is 25.2 Å². The lowest BCUT2D eigenvalue weighted by molar-refractivity contribution is 0.140. The Morgan fingerprint density at radius 1 is 1.40 bits per heavy atom. The van der Waals surface area contributed by atoms with Crippen LogP contribution in [0.4, 0.5) is 4.39 Å². The summed E-state index contributed by atoms with van der Waals surface area (Å²) in [5.74, 6) is -0.177. The molecule has 1 aromatic carbocycles. The quantitative estimate of drug-likeness (QED) is 0.731. The first-order valence-electron chi connectivity index (χ1n) is 5.30. The van der Waals surface area contributed by atoms with Gasteiger partial charge in [-0.3, -0.25) is 0 Å². The fourth-order valence-corrected chi connectivity index (χ4v) is 1.43. The summed E-state index contributed by atoms with van der Waals surface area (Å²) < 4.78 is 18.4. The van der Waals surface area contributed by atoms with E-state index in [-0.39, 0.29) is 11.9 Å². The first-order chi connectivity index (χ1) is 7.24. The molecule has 0 saturated heterocycles. The van der Waals surface area contributed by atoms with Crippen LogP contribution in [0.3, 0.4) is 0 Å². The zero-order valence-corrected chi connectivity index (χ0v) is 9.08. The van der Waals surface area contributed by atoms with Gasteiger partial charge >= 0.3 is 0 Å². The Labute approximate surface area is 90.2 Å². The lowest BCUT2D eigenvalue weighted by Crippen LogP contribution is -2.25. The molecule has 0 aliphatic rings. The third kappa shape index (κ3) is 4.40. The maximum absolute atomic E-state index is 13.3. The van der Waals surface area contributed by atoms with E-state index in [1.807, 2.05) is 13.0 Å². The number of ether oxygens (including phenoxy) is 1. The van der Waals surface area contributed by atoms with Crippen molar-refractivity contribution in [3.8, 4) is 0 Å². The lowest BCUT2D eigenvalue weighted by atomic mass is 10.0. The lowest BCUT2D eigenvalue weighted by Gasteiger charge is -2.11. The van der Waals surface area contributed by atoms with E-state index in [4.69, 9.17) is 10.5 Å². The van der Waals surface area contributed by atoms with Gasteiger partial charge in [-0.05, 0) is 31.4 Å². The minimum absolute atomic E-state index is 0.0338. The van der Waals surface area contributed by atoms with Gasteiger partial charge in [-0.1, -0.05) is 18.2 Å². The van der Waals surface area contributed by atoms with Gasteiger partial charge in [-0.2, -0.15) is 0 Å². The van der Waals surface area contributed by atoms with E-state index in [1.54, 1.807) is 12.1 Å². The van der Waals surface area contributed by atoms with Crippen molar-refractivity contribution in [2.75, 3.05) is 13.2 Å². The minimum atomic E-state index is -0.177. The molecule has 1 unspecified atom stereocenters. The summed E-state index contributed by atoms with van der Waals surface area (Å²) in [7, 11) is 0. The molecule has 0 aliphatic carbocycles. The average Bonchev–Trinajstić information content (AvgIpc) is 2.22. The molecule has 0 saturated carbocycles. The molecule has 0 aromatic heterocycles. The van der Waals surface area contributed by atoms with E-state index in [0.717, 1.165) is 6.42 Å². The standard InChI is InChI=1S/C12H18FNO/c1-2-15-8-7-11(14)9-10-5-3-4-6-12(10)13/h3-6,11H,2,7-9,14H2,1H3. The summed E-state index contributed by atoms with van der Waals surface area (Å²) in [5.41, 5.74) is 6.55. The normalized spacial score (nSPS) is 12.7. The van der Waals surface area contributed by atoms with Gasteiger partial charge in [0.1, 0.15) is 5.82 Å². The zero-order valence-electron chi connectivity index (χ0n) is 9.08. The Balaban J connectivity index is 2.37. The van der Waals surface area contributed by atoms with Crippen molar-refractivity contribution < 1.29 is 9.13 Å². The van der Waals surface area contributed by atoms with Gasteiger partial charge in [0.2, 0.25) is 0 Å². The molecule has 0 amide bonds. The van der Waals surface area contributed by atoms with Gasteiger partial charge in [-0.15, -0.1) is 0 Å². The van der Waals surface area contributed by atoms with Gasteiger partial charge in [0.05, 0.1) is 0 Å². The van der Waals surface area contributed by atoms with Crippen LogP contribution in [-0.2, 0) is 11.2 Å². The van der Waals surface area contributed by atoms with Crippen LogP contribution in [0.5, 0.6) is 0 Å². The molecule has 0 radical (unpaired) electrons. The predicted octanol–water partition coefficient (Wildman–Crippen LogP) is 2.12. The highest BCUT2D eigenvalue weighted by Gasteiger charge is 2.07. The number of nitrogens with two attached hydrogens (primary N) is 1. The van der Waals surface area contributed by atoms with Crippen LogP contribution in [-0.4, -0.2) is 19.3 Å². The molecule has 0 aliphatic heterocycles. The van der Waals surface area contributed by atoms with Crippen LogP contribution in [0.2, 0.25) is 0 Å². The molecule has 1 atom stereocenters. The van der Waals surface area contributed by atoms with E-state index < -0.39 is 0 Å². The van der Waals surface area contributed by atoms with Crippen molar-refractivity contribution in [1.29, 1.82) is 0 Å². The fourth-order valence-electron chi connectivity index (χ4n) is 1.43. The van der Waals surface area contributed by atoms with E-state index >= 15 is 0 Å². The topological polar surface area (TPSA) is 35.2 Å². The first kappa shape index (κ1) is 12.1. The number of halogens is 1. The third-order valence-corrected chi connectivity index (χ3v) is 2.28. The second kappa shape index (κ2) is 6.53. The van der Waals surface area contributed by atoms with E-state index in [9.17, 15) is 4.39 Å². The summed E-state index contributed by atoms with van der Waals surface area (Å²) in [6, 6.07) is 6.71. The van der Waals surface area contributed by atoms with E-state index in [1.165, 1.54) is 6.07 Å². The minimum Gasteiger partial charge on any atom is -0.382 e. The Hall–Kier alpha value is -0.930. The molecule has 0 heterocycles. The van der Waals surface area contributed by atoms with Crippen molar-refractivity contribution in [3.63, 3.8) is 0 Å². The largest absolute Gasteiger partial charge is 0.382 e. The molecular formula is C12H18FNO. The maximum atomic E-state index is 13.3. The van der Waals surface area contributed by atoms with Crippen LogP contribution in [0.1, 0.15) is 18.9 Å². The highest BCUT2D eigenvalue weighted by Crippen LogP contribution is 2.09. The molecular weight excluding hydrogens is 193 g/mol. The van der Waals surface area contributed by atoms with Crippen molar-refractivity contribution >= 4 is 0 Å². The van der Waals surface area contributed by atoms with Gasteiger partial charge in [0.15, 0.2) is 0 Å². The molecule has 0 spiro atoms. The summed E-state index contributed by atoms with van der Waals surface area (Å²) in [4.78, 5) is 0. The van der Waals surface area contributed by atoms with Crippen LogP contribution >= 0.6 is 0 Å². The molecule has 0 fully saturated rings. The van der Waals surface area contributed by atoms with Crippen LogP contribution in [0, 0.1) is 5.82 Å². The van der Waals surface area contributed by atoms with Crippen molar-refractivity contribution in [3.05, 3.63) is 35.6 Å². The SMILES string of the molecule is CCOCCC(N)Cc1ccccc1F. The molecule has 1 aromatic rings. The summed E-state index contributed by atoms with van der Waals surface area (Å²) in [6.45, 7) is 3.29. The fraction of sp³-hybridized carbons (Fsp3) is 0.500. The second-order valence-corrected chi connectivity index (χ2v) is 3.54. The molecule has 3 heteroatoms. The Morgan fingerprint density at radius 3 is 2.80 bits per heavy atom. The number of hydrogen-bond donors (Lipinski definition) is 1. The van der Waals surface area contributed by atoms with Gasteiger partial charge in [0.25, 0.3) is 0 Å². The Bertz CT molecular complexity index is 291. The van der Waals surface area contributed by atoms with Crippen molar-refractivity contribution in [1.82, 2.24) is 0 Å². The first-order valence-corrected chi connectivity index (χ1v) is 5.30. The third-order valence-electron chi connectivity index (χ3n) is 2.28. The Morgan fingerprint density at radius 2 is 2.13 bits per heavy atom. The maximum Gasteiger partial charge on any atom is 0.126 e. The zero-order chi connectivity index (χ0) is 11.1. The molecule has 15 heavy (non-hydrogen) atoms. The molecule has 0 bridgehead atoms. The molecule has 2 N–H and O–H groups in total. The van der Waals surface area contributed by atoms with Gasteiger partial charge in [0, 0.05) is 19.3 Å². The number of rotatable bonds is 6. The van der Waals surface area contributed by atoms with Crippen LogP contribution in [0.15, 0.2) is 24.3 Å². The highest BCUT2D eigenvalue weighted by molar-refractivity contribution is 5.18. The van der Waals surface area contributed by atoms with Crippen molar-refractivity contribution in [2.45, 2.75) is 25.8 Å². The second-order valence-electron chi connectivity index (χ2n) is 3.54. The predicted molar refractivity (Wildman–Crippen MR) is 59.2 cm³/mol. The van der Waals surface area contributed by atoms with Crippen LogP contribution < -0.4 is 5.73 Å². The monoisotopic (exact) mass is 211 g/mol. The molecule has 2 nitrogen and oxygen atoms in total. The summed E-state index contributed by atoms with van der Waals surface area (Å²) in [6.07, 6.45) is 1.34. The number of benzene rings is 1. The van der Waals surface area contributed by atoms with E-state index in [2.05, 4.69) is 0 Å². The summed E-state index contributed by atoms with van der Waals surface area (Å²) in [5, 5.41) is 0. The Kier molecular flexibility index (Phi) is 5.29. The summed E-state index contributed by atoms with van der Waals surface area (Å²) >= 11 is 0. The number of hydrogen-bond acceptors (Lipinski definition) is 2. The van der Waals surface area contributed by atoms with Gasteiger partial charge in [-0.25, -0.2) is 4.39 Å². The molecule has 1 rings (SSSR count). The van der Waals surface area contributed by atoms with Crippen LogP contribution in [0.25, 0.3) is 0 Å². The average molecular weight is 211 g/mol. The van der Waals surface area contributed by atoms with Gasteiger partial charge < -0.3 is 10.5 Å². The van der Waals surface area contributed by atoms with Crippen molar-refractivity contribution in [2.24, 2.45) is 5.73 Å². The smallest absolute Gasteiger partial charge is 0.126 e. The molecule has 84 valence electrons. The highest BCUT2D eigenvalue weighted by atomic mass is 19.1.